The topological polar surface area (TPSA) is 150 Å². The Labute approximate surface area is 137 Å². The molecule has 122 valence electrons. The van der Waals surface area contributed by atoms with Crippen LogP contribution in [0.15, 0.2) is 41.2 Å². The number of nitriles is 2. The van der Waals surface area contributed by atoms with Crippen LogP contribution in [0.25, 0.3) is 0 Å². The van der Waals surface area contributed by atoms with Crippen LogP contribution < -0.4 is 5.73 Å². The molecule has 0 amide bonds. The van der Waals surface area contributed by atoms with E-state index in [0.29, 0.717) is 5.56 Å². The van der Waals surface area contributed by atoms with E-state index in [2.05, 4.69) is 0 Å². The van der Waals surface area contributed by atoms with E-state index in [1.807, 2.05) is 12.1 Å². The number of carboxylic acids is 1. The number of hydrogen-bond donors (Lipinski definition) is 3. The van der Waals surface area contributed by atoms with Crippen LogP contribution in [0.5, 0.6) is 5.75 Å². The minimum Gasteiger partial charge on any atom is -0.507 e. The summed E-state index contributed by atoms with van der Waals surface area (Å²) in [6.45, 7) is 1.89. The SMILES string of the molecule is CCOC1=C(C#N)C(c2ccc(O)c(C(=O)O)c2)C(C#N)=C(N)O1. The molecule has 1 unspecified atom stereocenters. The average molecular weight is 327 g/mol. The van der Waals surface area contributed by atoms with Crippen LogP contribution in [0, 0.1) is 22.7 Å². The van der Waals surface area contributed by atoms with E-state index in [1.165, 1.54) is 18.2 Å². The molecule has 8 heteroatoms. The van der Waals surface area contributed by atoms with Crippen LogP contribution in [0.4, 0.5) is 0 Å². The predicted octanol–water partition coefficient (Wildman–Crippen LogP) is 1.67. The number of benzene rings is 1. The standard InChI is InChI=1S/C16H13N3O5/c1-2-23-16-11(7-18)13(10(6-17)14(19)24-16)8-3-4-12(20)9(5-8)15(21)22/h3-5,13,20H,2,19H2,1H3,(H,21,22). The molecule has 0 fully saturated rings. The maximum absolute atomic E-state index is 11.2. The first-order chi connectivity index (χ1) is 11.4. The van der Waals surface area contributed by atoms with Crippen molar-refractivity contribution in [2.45, 2.75) is 12.8 Å². The van der Waals surface area contributed by atoms with Gasteiger partial charge in [0.05, 0.1) is 12.5 Å². The summed E-state index contributed by atoms with van der Waals surface area (Å²) in [5, 5.41) is 37.6. The largest absolute Gasteiger partial charge is 0.507 e. The van der Waals surface area contributed by atoms with Gasteiger partial charge in [0.15, 0.2) is 0 Å². The van der Waals surface area contributed by atoms with Crippen molar-refractivity contribution in [3.8, 4) is 17.9 Å². The molecule has 1 aliphatic heterocycles. The lowest BCUT2D eigenvalue weighted by Crippen LogP contribution is -2.22. The van der Waals surface area contributed by atoms with Crippen LogP contribution in [0.1, 0.15) is 28.8 Å². The van der Waals surface area contributed by atoms with Crippen molar-refractivity contribution in [2.75, 3.05) is 6.61 Å². The first-order valence-corrected chi connectivity index (χ1v) is 6.85. The summed E-state index contributed by atoms with van der Waals surface area (Å²) < 4.78 is 10.4. The van der Waals surface area contributed by atoms with Gasteiger partial charge in [-0.05, 0) is 24.6 Å². The van der Waals surface area contributed by atoms with Gasteiger partial charge in [-0.3, -0.25) is 0 Å². The summed E-state index contributed by atoms with van der Waals surface area (Å²) >= 11 is 0. The third-order valence-corrected chi connectivity index (χ3v) is 3.37. The summed E-state index contributed by atoms with van der Waals surface area (Å²) in [6, 6.07) is 7.55. The van der Waals surface area contributed by atoms with Gasteiger partial charge in [-0.15, -0.1) is 0 Å². The zero-order valence-corrected chi connectivity index (χ0v) is 12.6. The van der Waals surface area contributed by atoms with E-state index >= 15 is 0 Å². The van der Waals surface area contributed by atoms with Crippen molar-refractivity contribution < 1.29 is 24.5 Å². The highest BCUT2D eigenvalue weighted by atomic mass is 16.7. The number of aromatic hydroxyl groups is 1. The molecule has 1 aliphatic rings. The number of allylic oxidation sites excluding steroid dienone is 2. The van der Waals surface area contributed by atoms with Gasteiger partial charge in [0.2, 0.25) is 5.88 Å². The molecule has 0 spiro atoms. The molecule has 2 rings (SSSR count). The molecule has 24 heavy (non-hydrogen) atoms. The van der Waals surface area contributed by atoms with Crippen molar-refractivity contribution in [3.05, 3.63) is 52.3 Å². The third-order valence-electron chi connectivity index (χ3n) is 3.37. The maximum Gasteiger partial charge on any atom is 0.339 e. The second-order valence-electron chi connectivity index (χ2n) is 4.75. The molecule has 1 atom stereocenters. The molecule has 0 saturated heterocycles. The number of rotatable bonds is 4. The minimum absolute atomic E-state index is 0.00960. The van der Waals surface area contributed by atoms with Crippen LogP contribution in [-0.4, -0.2) is 22.8 Å². The Bertz CT molecular complexity index is 842. The molecule has 1 aromatic rings. The Morgan fingerprint density at radius 2 is 2.04 bits per heavy atom. The zero-order valence-electron chi connectivity index (χ0n) is 12.6. The highest BCUT2D eigenvalue weighted by Gasteiger charge is 2.35. The fourth-order valence-electron chi connectivity index (χ4n) is 2.32. The Hall–Kier alpha value is -3.65. The van der Waals surface area contributed by atoms with Crippen molar-refractivity contribution in [1.82, 2.24) is 0 Å². The molecule has 1 aromatic carbocycles. The predicted molar refractivity (Wildman–Crippen MR) is 80.0 cm³/mol. The number of ether oxygens (including phenoxy) is 2. The number of nitrogens with zero attached hydrogens (tertiary/aromatic N) is 2. The summed E-state index contributed by atoms with van der Waals surface area (Å²) in [4.78, 5) is 11.2. The number of carbonyl (C=O) groups is 1. The minimum atomic E-state index is -1.34. The molecule has 4 N–H and O–H groups in total. The molecule has 1 heterocycles. The van der Waals surface area contributed by atoms with Gasteiger partial charge >= 0.3 is 11.9 Å². The third kappa shape index (κ3) is 2.81. The smallest absolute Gasteiger partial charge is 0.339 e. The summed E-state index contributed by atoms with van der Waals surface area (Å²) in [5.41, 5.74) is 5.61. The Morgan fingerprint density at radius 1 is 1.38 bits per heavy atom. The quantitative estimate of drug-likeness (QED) is 0.755. The molecule has 0 radical (unpaired) electrons. The van der Waals surface area contributed by atoms with Gasteiger partial charge in [0, 0.05) is 0 Å². The van der Waals surface area contributed by atoms with E-state index < -0.39 is 17.6 Å². The van der Waals surface area contributed by atoms with E-state index in [9.17, 15) is 20.4 Å². The lowest BCUT2D eigenvalue weighted by atomic mass is 9.84. The van der Waals surface area contributed by atoms with Gasteiger partial charge in [-0.2, -0.15) is 10.5 Å². The second kappa shape index (κ2) is 6.63. The van der Waals surface area contributed by atoms with Crippen molar-refractivity contribution in [1.29, 1.82) is 10.5 Å². The Kier molecular flexibility index (Phi) is 4.62. The van der Waals surface area contributed by atoms with Crippen LogP contribution in [-0.2, 0) is 9.47 Å². The van der Waals surface area contributed by atoms with E-state index in [1.54, 1.807) is 6.92 Å². The van der Waals surface area contributed by atoms with Gasteiger partial charge < -0.3 is 25.4 Å². The van der Waals surface area contributed by atoms with Gasteiger partial charge in [-0.1, -0.05) is 6.07 Å². The highest BCUT2D eigenvalue weighted by Crippen LogP contribution is 2.40. The fourth-order valence-corrected chi connectivity index (χ4v) is 2.32. The molecule has 0 aliphatic carbocycles. The molecule has 0 bridgehead atoms. The van der Waals surface area contributed by atoms with Crippen LogP contribution >= 0.6 is 0 Å². The first-order valence-electron chi connectivity index (χ1n) is 6.85. The monoisotopic (exact) mass is 327 g/mol. The van der Waals surface area contributed by atoms with Crippen LogP contribution in [0.2, 0.25) is 0 Å². The van der Waals surface area contributed by atoms with Crippen molar-refractivity contribution in [2.24, 2.45) is 5.73 Å². The summed E-state index contributed by atoms with van der Waals surface area (Å²) in [5.74, 6) is -3.08. The number of phenols is 1. The number of aromatic carboxylic acids is 1. The molecule has 0 aromatic heterocycles. The van der Waals surface area contributed by atoms with Crippen molar-refractivity contribution >= 4 is 5.97 Å². The number of carboxylic acid groups (broad SMARTS) is 1. The molecular weight excluding hydrogens is 314 g/mol. The molecular formula is C16H13N3O5. The lowest BCUT2D eigenvalue weighted by Gasteiger charge is -2.25. The molecule has 8 nitrogen and oxygen atoms in total. The second-order valence-corrected chi connectivity index (χ2v) is 4.75. The van der Waals surface area contributed by atoms with Crippen molar-refractivity contribution in [3.63, 3.8) is 0 Å². The Balaban J connectivity index is 2.69. The zero-order chi connectivity index (χ0) is 17.9. The maximum atomic E-state index is 11.2. The lowest BCUT2D eigenvalue weighted by molar-refractivity contribution is 0.0653. The number of nitrogens with two attached hydrogens (primary N) is 1. The number of hydrogen-bond acceptors (Lipinski definition) is 7. The molecule has 0 saturated carbocycles. The van der Waals surface area contributed by atoms with E-state index in [0.717, 1.165) is 0 Å². The van der Waals surface area contributed by atoms with Crippen LogP contribution in [0.3, 0.4) is 0 Å². The van der Waals surface area contributed by atoms with E-state index in [-0.39, 0.29) is 35.1 Å². The van der Waals surface area contributed by atoms with E-state index in [4.69, 9.17) is 20.3 Å². The summed E-state index contributed by atoms with van der Waals surface area (Å²) in [7, 11) is 0. The first kappa shape index (κ1) is 16.7. The average Bonchev–Trinajstić information content (AvgIpc) is 2.55. The summed E-state index contributed by atoms with van der Waals surface area (Å²) in [6.07, 6.45) is 0. The normalized spacial score (nSPS) is 16.9. The van der Waals surface area contributed by atoms with Gasteiger partial charge in [0.1, 0.15) is 34.6 Å². The Morgan fingerprint density at radius 3 is 2.58 bits per heavy atom. The fraction of sp³-hybridized carbons (Fsp3) is 0.188. The highest BCUT2D eigenvalue weighted by molar-refractivity contribution is 5.91. The van der Waals surface area contributed by atoms with Gasteiger partial charge in [-0.25, -0.2) is 4.79 Å². The van der Waals surface area contributed by atoms with Gasteiger partial charge in [0.25, 0.3) is 0 Å².